The number of carbonyl (C=O) groups excluding carboxylic acids is 2. The SMILES string of the molecule is CCCC(=O)OCCC1C=CN(C)N(c2nccc3ccccc23)C1=O. The van der Waals surface area contributed by atoms with Crippen molar-refractivity contribution in [3.05, 3.63) is 48.8 Å². The molecule has 6 nitrogen and oxygen atoms in total. The summed E-state index contributed by atoms with van der Waals surface area (Å²) >= 11 is 0. The van der Waals surface area contributed by atoms with Gasteiger partial charge >= 0.3 is 5.97 Å². The molecule has 0 N–H and O–H groups in total. The minimum absolute atomic E-state index is 0.0783. The Kier molecular flexibility index (Phi) is 5.51. The molecule has 1 aromatic heterocycles. The monoisotopic (exact) mass is 353 g/mol. The van der Waals surface area contributed by atoms with Gasteiger partial charge in [-0.1, -0.05) is 37.3 Å². The van der Waals surface area contributed by atoms with Crippen LogP contribution in [0.3, 0.4) is 0 Å². The number of benzene rings is 1. The number of fused-ring (bicyclic) bond motifs is 1. The average Bonchev–Trinajstić information content (AvgIpc) is 2.64. The number of anilines is 1. The van der Waals surface area contributed by atoms with Crippen LogP contribution in [0.4, 0.5) is 5.82 Å². The summed E-state index contributed by atoms with van der Waals surface area (Å²) in [6, 6.07) is 9.77. The van der Waals surface area contributed by atoms with Crippen molar-refractivity contribution in [1.82, 2.24) is 9.99 Å². The van der Waals surface area contributed by atoms with Gasteiger partial charge in [0.1, 0.15) is 0 Å². The second-order valence-corrected chi connectivity index (χ2v) is 6.29. The lowest BCUT2D eigenvalue weighted by Crippen LogP contribution is -2.48. The number of hydrazine groups is 1. The van der Waals surface area contributed by atoms with E-state index in [2.05, 4.69) is 4.98 Å². The van der Waals surface area contributed by atoms with Gasteiger partial charge in [-0.3, -0.25) is 14.6 Å². The van der Waals surface area contributed by atoms with Crippen molar-refractivity contribution in [2.45, 2.75) is 26.2 Å². The minimum atomic E-state index is -0.346. The highest BCUT2D eigenvalue weighted by Crippen LogP contribution is 2.29. The molecule has 1 aliphatic heterocycles. The van der Waals surface area contributed by atoms with Gasteiger partial charge in [0.2, 0.25) is 0 Å². The highest BCUT2D eigenvalue weighted by atomic mass is 16.5. The van der Waals surface area contributed by atoms with Crippen molar-refractivity contribution in [1.29, 1.82) is 0 Å². The minimum Gasteiger partial charge on any atom is -0.466 e. The summed E-state index contributed by atoms with van der Waals surface area (Å²) in [7, 11) is 1.81. The van der Waals surface area contributed by atoms with Gasteiger partial charge in [-0.15, -0.1) is 0 Å². The Labute approximate surface area is 153 Å². The Balaban J connectivity index is 1.79. The standard InChI is InChI=1S/C20H23N3O3/c1-3-6-18(24)26-14-11-16-10-13-22(2)23(20(16)25)19-17-8-5-4-7-15(17)9-12-21-19/h4-5,7-10,12-13,16H,3,6,11,14H2,1-2H3. The van der Waals surface area contributed by atoms with Crippen molar-refractivity contribution in [2.24, 2.45) is 5.92 Å². The first-order valence-electron chi connectivity index (χ1n) is 8.86. The molecule has 1 aromatic carbocycles. The molecule has 0 fully saturated rings. The van der Waals surface area contributed by atoms with Crippen LogP contribution in [-0.2, 0) is 14.3 Å². The average molecular weight is 353 g/mol. The van der Waals surface area contributed by atoms with E-state index < -0.39 is 0 Å². The van der Waals surface area contributed by atoms with E-state index in [-0.39, 0.29) is 24.4 Å². The molecular weight excluding hydrogens is 330 g/mol. The molecule has 1 unspecified atom stereocenters. The summed E-state index contributed by atoms with van der Waals surface area (Å²) in [6.07, 6.45) is 7.02. The summed E-state index contributed by atoms with van der Waals surface area (Å²) in [5.41, 5.74) is 0. The van der Waals surface area contributed by atoms with Crippen molar-refractivity contribution in [3.63, 3.8) is 0 Å². The van der Waals surface area contributed by atoms with E-state index >= 15 is 0 Å². The highest BCUT2D eigenvalue weighted by molar-refractivity contribution is 6.03. The summed E-state index contributed by atoms with van der Waals surface area (Å²) in [5, 5.41) is 5.26. The number of amides is 1. The predicted molar refractivity (Wildman–Crippen MR) is 100 cm³/mol. The van der Waals surface area contributed by atoms with Crippen molar-refractivity contribution >= 4 is 28.5 Å². The smallest absolute Gasteiger partial charge is 0.305 e. The predicted octanol–water partition coefficient (Wildman–Crippen LogP) is 3.29. The van der Waals surface area contributed by atoms with Crippen LogP contribution in [0.25, 0.3) is 10.8 Å². The molecule has 0 saturated heterocycles. The lowest BCUT2D eigenvalue weighted by molar-refractivity contribution is -0.144. The Morgan fingerprint density at radius 2 is 2.08 bits per heavy atom. The van der Waals surface area contributed by atoms with Gasteiger partial charge in [-0.05, 0) is 24.3 Å². The summed E-state index contributed by atoms with van der Waals surface area (Å²) in [4.78, 5) is 29.0. The number of nitrogens with zero attached hydrogens (tertiary/aromatic N) is 3. The van der Waals surface area contributed by atoms with E-state index in [1.807, 2.05) is 56.6 Å². The lowest BCUT2D eigenvalue weighted by atomic mass is 10.0. The molecule has 0 spiro atoms. The number of pyridine rings is 1. The zero-order valence-electron chi connectivity index (χ0n) is 15.1. The third-order valence-corrected chi connectivity index (χ3v) is 4.37. The van der Waals surface area contributed by atoms with Crippen LogP contribution >= 0.6 is 0 Å². The zero-order valence-corrected chi connectivity index (χ0v) is 15.1. The third-order valence-electron chi connectivity index (χ3n) is 4.37. The van der Waals surface area contributed by atoms with Gasteiger partial charge in [-0.2, -0.15) is 0 Å². The molecular formula is C20H23N3O3. The van der Waals surface area contributed by atoms with Gasteiger partial charge in [0.15, 0.2) is 5.82 Å². The van der Waals surface area contributed by atoms with Crippen LogP contribution in [-0.4, -0.2) is 35.5 Å². The number of ether oxygens (including phenoxy) is 1. The second-order valence-electron chi connectivity index (χ2n) is 6.29. The zero-order chi connectivity index (χ0) is 18.5. The number of carbonyl (C=O) groups is 2. The van der Waals surface area contributed by atoms with Crippen LogP contribution < -0.4 is 5.01 Å². The Bertz CT molecular complexity index is 829. The molecule has 2 aromatic rings. The fraction of sp³-hybridized carbons (Fsp3) is 0.350. The second kappa shape index (κ2) is 7.99. The largest absolute Gasteiger partial charge is 0.466 e. The van der Waals surface area contributed by atoms with Crippen molar-refractivity contribution in [2.75, 3.05) is 18.7 Å². The molecule has 1 amide bonds. The molecule has 0 bridgehead atoms. The van der Waals surface area contributed by atoms with Gasteiger partial charge in [0.25, 0.3) is 5.91 Å². The first-order chi connectivity index (χ1) is 12.6. The van der Waals surface area contributed by atoms with Gasteiger partial charge in [0.05, 0.1) is 12.5 Å². The maximum absolute atomic E-state index is 13.0. The quantitative estimate of drug-likeness (QED) is 0.746. The normalized spacial score (nSPS) is 17.0. The molecule has 2 heterocycles. The number of hydrogen-bond acceptors (Lipinski definition) is 5. The van der Waals surface area contributed by atoms with Crippen LogP contribution in [0.5, 0.6) is 0 Å². The van der Waals surface area contributed by atoms with Crippen LogP contribution in [0.1, 0.15) is 26.2 Å². The molecule has 3 rings (SSSR count). The highest BCUT2D eigenvalue weighted by Gasteiger charge is 2.31. The number of esters is 1. The summed E-state index contributed by atoms with van der Waals surface area (Å²) in [5.74, 6) is -0.0378. The van der Waals surface area contributed by atoms with Crippen LogP contribution in [0.15, 0.2) is 48.8 Å². The summed E-state index contributed by atoms with van der Waals surface area (Å²) < 4.78 is 5.20. The Hall–Kier alpha value is -2.89. The molecule has 1 atom stereocenters. The van der Waals surface area contributed by atoms with E-state index in [4.69, 9.17) is 4.74 Å². The fourth-order valence-corrected chi connectivity index (χ4v) is 3.01. The molecule has 1 aliphatic rings. The van der Waals surface area contributed by atoms with E-state index in [1.165, 1.54) is 0 Å². The summed E-state index contributed by atoms with van der Waals surface area (Å²) in [6.45, 7) is 2.17. The Morgan fingerprint density at radius 1 is 1.27 bits per heavy atom. The van der Waals surface area contributed by atoms with Crippen LogP contribution in [0.2, 0.25) is 0 Å². The first kappa shape index (κ1) is 17.9. The lowest BCUT2D eigenvalue weighted by Gasteiger charge is -2.36. The molecule has 0 radical (unpaired) electrons. The van der Waals surface area contributed by atoms with Gasteiger partial charge < -0.3 is 4.74 Å². The fourth-order valence-electron chi connectivity index (χ4n) is 3.01. The molecule has 0 aliphatic carbocycles. The Morgan fingerprint density at radius 3 is 2.88 bits per heavy atom. The molecule has 0 saturated carbocycles. The molecule has 26 heavy (non-hydrogen) atoms. The van der Waals surface area contributed by atoms with Gasteiger partial charge in [0, 0.05) is 31.3 Å². The topological polar surface area (TPSA) is 62.7 Å². The number of hydrogen-bond donors (Lipinski definition) is 0. The molecule has 6 heteroatoms. The number of rotatable bonds is 6. The van der Waals surface area contributed by atoms with Crippen molar-refractivity contribution in [3.8, 4) is 0 Å². The maximum atomic E-state index is 13.0. The first-order valence-corrected chi connectivity index (χ1v) is 8.86. The van der Waals surface area contributed by atoms with E-state index in [0.29, 0.717) is 18.7 Å². The van der Waals surface area contributed by atoms with Crippen molar-refractivity contribution < 1.29 is 14.3 Å². The van der Waals surface area contributed by atoms with E-state index in [0.717, 1.165) is 17.2 Å². The van der Waals surface area contributed by atoms with E-state index in [9.17, 15) is 9.59 Å². The third kappa shape index (κ3) is 3.69. The maximum Gasteiger partial charge on any atom is 0.305 e. The number of aromatic nitrogens is 1. The van der Waals surface area contributed by atoms with E-state index in [1.54, 1.807) is 16.2 Å². The van der Waals surface area contributed by atoms with Gasteiger partial charge in [-0.25, -0.2) is 9.99 Å². The van der Waals surface area contributed by atoms with Crippen LogP contribution in [0, 0.1) is 5.92 Å². The molecule has 136 valence electrons.